The molecule has 1 heterocycles. The molecule has 27 heavy (non-hydrogen) atoms. The Bertz CT molecular complexity index is 889. The number of pyridine rings is 1. The molecule has 3 rings (SSSR count). The zero-order chi connectivity index (χ0) is 18.9. The summed E-state index contributed by atoms with van der Waals surface area (Å²) in [4.78, 5) is 20.6. The van der Waals surface area contributed by atoms with E-state index in [2.05, 4.69) is 9.98 Å². The summed E-state index contributed by atoms with van der Waals surface area (Å²) in [6.45, 7) is 2.70. The minimum absolute atomic E-state index is 0.413. The molecule has 3 aromatic rings. The van der Waals surface area contributed by atoms with Crippen molar-refractivity contribution in [1.29, 1.82) is 0 Å². The highest BCUT2D eigenvalue weighted by Crippen LogP contribution is 2.20. The Kier molecular flexibility index (Phi) is 6.30. The van der Waals surface area contributed by atoms with Crippen molar-refractivity contribution in [1.82, 2.24) is 4.98 Å². The number of ether oxygens (including phenoxy) is 2. The van der Waals surface area contributed by atoms with Crippen LogP contribution in [-0.4, -0.2) is 23.8 Å². The number of carbonyl (C=O) groups is 1. The molecule has 0 bridgehead atoms. The summed E-state index contributed by atoms with van der Waals surface area (Å²) in [6, 6.07) is 17.7. The van der Waals surface area contributed by atoms with Crippen LogP contribution in [0.5, 0.6) is 11.5 Å². The smallest absolute Gasteiger partial charge is 0.343 e. The van der Waals surface area contributed by atoms with E-state index in [1.807, 2.05) is 19.1 Å². The van der Waals surface area contributed by atoms with Gasteiger partial charge >= 0.3 is 5.97 Å². The summed E-state index contributed by atoms with van der Waals surface area (Å²) in [7, 11) is 0. The molecule has 0 fully saturated rings. The van der Waals surface area contributed by atoms with Crippen LogP contribution >= 0.6 is 0 Å². The quantitative estimate of drug-likeness (QED) is 0.344. The van der Waals surface area contributed by atoms with E-state index in [1.54, 1.807) is 67.1 Å². The van der Waals surface area contributed by atoms with Crippen molar-refractivity contribution < 1.29 is 14.3 Å². The van der Waals surface area contributed by atoms with Crippen LogP contribution in [0.1, 0.15) is 29.3 Å². The van der Waals surface area contributed by atoms with Gasteiger partial charge in [-0.15, -0.1) is 0 Å². The molecule has 136 valence electrons. The predicted molar refractivity (Wildman–Crippen MR) is 105 cm³/mol. The molecule has 0 spiro atoms. The zero-order valence-electron chi connectivity index (χ0n) is 15.0. The SMILES string of the molecule is CCCOc1ccc(C(=O)Oc2ccc(N=Cc3cccnc3)cc2)cc1. The highest BCUT2D eigenvalue weighted by molar-refractivity contribution is 5.91. The van der Waals surface area contributed by atoms with Crippen molar-refractivity contribution in [3.05, 3.63) is 84.2 Å². The predicted octanol–water partition coefficient (Wildman–Crippen LogP) is 4.84. The van der Waals surface area contributed by atoms with Crippen LogP contribution in [0.25, 0.3) is 0 Å². The number of benzene rings is 2. The second kappa shape index (κ2) is 9.29. The van der Waals surface area contributed by atoms with Gasteiger partial charge in [0.15, 0.2) is 0 Å². The van der Waals surface area contributed by atoms with Crippen molar-refractivity contribution in [3.8, 4) is 11.5 Å². The van der Waals surface area contributed by atoms with E-state index in [1.165, 1.54) is 0 Å². The monoisotopic (exact) mass is 360 g/mol. The highest BCUT2D eigenvalue weighted by Gasteiger charge is 2.08. The van der Waals surface area contributed by atoms with Gasteiger partial charge in [0.25, 0.3) is 0 Å². The summed E-state index contributed by atoms with van der Waals surface area (Å²) in [5.41, 5.74) is 2.15. The molecule has 2 aromatic carbocycles. The number of nitrogens with zero attached hydrogens (tertiary/aromatic N) is 2. The summed E-state index contributed by atoms with van der Waals surface area (Å²) >= 11 is 0. The third-order valence-electron chi connectivity index (χ3n) is 3.66. The maximum Gasteiger partial charge on any atom is 0.343 e. The topological polar surface area (TPSA) is 60.8 Å². The van der Waals surface area contributed by atoms with E-state index >= 15 is 0 Å². The van der Waals surface area contributed by atoms with Gasteiger partial charge in [-0.1, -0.05) is 13.0 Å². The minimum atomic E-state index is -0.413. The molecule has 0 radical (unpaired) electrons. The highest BCUT2D eigenvalue weighted by atomic mass is 16.5. The molecule has 0 saturated heterocycles. The number of hydrogen-bond acceptors (Lipinski definition) is 5. The summed E-state index contributed by atoms with van der Waals surface area (Å²) in [6.07, 6.45) is 6.12. The van der Waals surface area contributed by atoms with Crippen molar-refractivity contribution in [2.45, 2.75) is 13.3 Å². The van der Waals surface area contributed by atoms with E-state index in [0.29, 0.717) is 17.9 Å². The lowest BCUT2D eigenvalue weighted by Crippen LogP contribution is -2.08. The maximum atomic E-state index is 12.2. The van der Waals surface area contributed by atoms with Crippen molar-refractivity contribution in [2.24, 2.45) is 4.99 Å². The second-order valence-corrected chi connectivity index (χ2v) is 5.80. The van der Waals surface area contributed by atoms with Gasteiger partial charge in [0.2, 0.25) is 0 Å². The van der Waals surface area contributed by atoms with E-state index in [4.69, 9.17) is 9.47 Å². The third kappa shape index (κ3) is 5.51. The van der Waals surface area contributed by atoms with E-state index in [-0.39, 0.29) is 0 Å². The first-order valence-electron chi connectivity index (χ1n) is 8.74. The first-order valence-corrected chi connectivity index (χ1v) is 8.74. The standard InChI is InChI=1S/C22H20N2O3/c1-2-14-26-20-9-5-18(6-10-20)22(25)27-21-11-7-19(8-12-21)24-16-17-4-3-13-23-15-17/h3-13,15-16H,2,14H2,1H3. The summed E-state index contributed by atoms with van der Waals surface area (Å²) in [5, 5.41) is 0. The van der Waals surface area contributed by atoms with Crippen molar-refractivity contribution in [2.75, 3.05) is 6.61 Å². The Hall–Kier alpha value is -3.47. The zero-order valence-corrected chi connectivity index (χ0v) is 15.0. The average molecular weight is 360 g/mol. The van der Waals surface area contributed by atoms with Gasteiger partial charge in [-0.3, -0.25) is 9.98 Å². The Morgan fingerprint density at radius 2 is 1.78 bits per heavy atom. The number of rotatable bonds is 7. The molecule has 0 amide bonds. The molecule has 0 atom stereocenters. The minimum Gasteiger partial charge on any atom is -0.494 e. The van der Waals surface area contributed by atoms with Gasteiger partial charge in [-0.25, -0.2) is 4.79 Å². The lowest BCUT2D eigenvalue weighted by Gasteiger charge is -2.07. The first-order chi connectivity index (χ1) is 13.2. The van der Waals surface area contributed by atoms with Gasteiger partial charge in [0.1, 0.15) is 11.5 Å². The molecule has 0 aliphatic rings. The van der Waals surface area contributed by atoms with Crippen LogP contribution in [0.4, 0.5) is 5.69 Å². The van der Waals surface area contributed by atoms with Gasteiger partial charge in [-0.2, -0.15) is 0 Å². The lowest BCUT2D eigenvalue weighted by molar-refractivity contribution is 0.0734. The number of esters is 1. The fourth-order valence-electron chi connectivity index (χ4n) is 2.27. The Morgan fingerprint density at radius 1 is 1.04 bits per heavy atom. The molecule has 5 nitrogen and oxygen atoms in total. The molecular weight excluding hydrogens is 340 g/mol. The fourth-order valence-corrected chi connectivity index (χ4v) is 2.27. The Labute approximate surface area is 158 Å². The Balaban J connectivity index is 1.59. The van der Waals surface area contributed by atoms with Crippen LogP contribution in [0.15, 0.2) is 78.0 Å². The molecular formula is C22H20N2O3. The van der Waals surface area contributed by atoms with Gasteiger partial charge in [0.05, 0.1) is 17.9 Å². The number of carbonyl (C=O) groups excluding carboxylic acids is 1. The van der Waals surface area contributed by atoms with Gasteiger partial charge < -0.3 is 9.47 Å². The maximum absolute atomic E-state index is 12.2. The van der Waals surface area contributed by atoms with Crippen LogP contribution in [0.3, 0.4) is 0 Å². The molecule has 1 aromatic heterocycles. The van der Waals surface area contributed by atoms with Crippen molar-refractivity contribution >= 4 is 17.9 Å². The molecule has 0 saturated carbocycles. The normalized spacial score (nSPS) is 10.7. The number of aliphatic imine (C=N–C) groups is 1. The van der Waals surface area contributed by atoms with Crippen LogP contribution in [-0.2, 0) is 0 Å². The fraction of sp³-hybridized carbons (Fsp3) is 0.136. The van der Waals surface area contributed by atoms with E-state index in [0.717, 1.165) is 23.4 Å². The van der Waals surface area contributed by atoms with Crippen molar-refractivity contribution in [3.63, 3.8) is 0 Å². The van der Waals surface area contributed by atoms with Crippen LogP contribution < -0.4 is 9.47 Å². The Morgan fingerprint density at radius 3 is 2.44 bits per heavy atom. The summed E-state index contributed by atoms with van der Waals surface area (Å²) < 4.78 is 10.9. The second-order valence-electron chi connectivity index (χ2n) is 5.80. The summed E-state index contributed by atoms with van der Waals surface area (Å²) in [5.74, 6) is 0.791. The first kappa shape index (κ1) is 18.3. The van der Waals surface area contributed by atoms with Gasteiger partial charge in [-0.05, 0) is 61.0 Å². The van der Waals surface area contributed by atoms with Crippen LogP contribution in [0.2, 0.25) is 0 Å². The number of aromatic nitrogens is 1. The average Bonchev–Trinajstić information content (AvgIpc) is 2.73. The molecule has 0 aliphatic carbocycles. The molecule has 0 N–H and O–H groups in total. The lowest BCUT2D eigenvalue weighted by atomic mass is 10.2. The van der Waals surface area contributed by atoms with E-state index < -0.39 is 5.97 Å². The van der Waals surface area contributed by atoms with E-state index in [9.17, 15) is 4.79 Å². The van der Waals surface area contributed by atoms with Gasteiger partial charge in [0, 0.05) is 24.2 Å². The molecule has 5 heteroatoms. The molecule has 0 aliphatic heterocycles. The largest absolute Gasteiger partial charge is 0.494 e. The molecule has 0 unspecified atom stereocenters. The third-order valence-corrected chi connectivity index (χ3v) is 3.66. The number of hydrogen-bond donors (Lipinski definition) is 0. The van der Waals surface area contributed by atoms with Crippen LogP contribution in [0, 0.1) is 0 Å².